The Balaban J connectivity index is 2.39. The number of carbonyl (C=O) groups is 1. The number of ether oxygens (including phenoxy) is 1. The van der Waals surface area contributed by atoms with Gasteiger partial charge in [0.2, 0.25) is 0 Å². The second-order valence-corrected chi connectivity index (χ2v) is 4.30. The summed E-state index contributed by atoms with van der Waals surface area (Å²) in [5, 5.41) is 3.03. The van der Waals surface area contributed by atoms with Gasteiger partial charge in [-0.25, -0.2) is 9.18 Å². The first-order valence-corrected chi connectivity index (χ1v) is 6.03. The number of hydrogen-bond acceptors (Lipinski definition) is 4. The predicted molar refractivity (Wildman–Crippen MR) is 76.6 cm³/mol. The summed E-state index contributed by atoms with van der Waals surface area (Å²) in [7, 11) is 1.29. The molecule has 0 unspecified atom stereocenters. The van der Waals surface area contributed by atoms with E-state index in [4.69, 9.17) is 5.73 Å². The molecule has 0 aromatic heterocycles. The van der Waals surface area contributed by atoms with E-state index >= 15 is 0 Å². The maximum Gasteiger partial charge on any atom is 0.340 e. The molecule has 3 N–H and O–H groups in total. The minimum absolute atomic E-state index is 0.267. The quantitative estimate of drug-likeness (QED) is 0.666. The molecule has 0 saturated heterocycles. The SMILES string of the molecule is COC(=O)c1cccc(Nc2cccc(F)c2C)c1N. The zero-order valence-electron chi connectivity index (χ0n) is 11.2. The molecule has 0 radical (unpaired) electrons. The number of methoxy groups -OCH3 is 1. The van der Waals surface area contributed by atoms with Crippen molar-refractivity contribution < 1.29 is 13.9 Å². The lowest BCUT2D eigenvalue weighted by Gasteiger charge is -2.14. The smallest absolute Gasteiger partial charge is 0.340 e. The summed E-state index contributed by atoms with van der Waals surface area (Å²) in [4.78, 5) is 11.6. The van der Waals surface area contributed by atoms with Crippen LogP contribution in [0.1, 0.15) is 15.9 Å². The van der Waals surface area contributed by atoms with E-state index in [1.54, 1.807) is 37.3 Å². The first-order chi connectivity index (χ1) is 9.54. The van der Waals surface area contributed by atoms with Gasteiger partial charge in [-0.05, 0) is 31.2 Å². The lowest BCUT2D eigenvalue weighted by Crippen LogP contribution is -2.08. The van der Waals surface area contributed by atoms with E-state index in [2.05, 4.69) is 10.1 Å². The maximum atomic E-state index is 13.5. The number of anilines is 3. The summed E-state index contributed by atoms with van der Waals surface area (Å²) in [6.07, 6.45) is 0. The van der Waals surface area contributed by atoms with E-state index < -0.39 is 5.97 Å². The van der Waals surface area contributed by atoms with Crippen molar-refractivity contribution in [1.82, 2.24) is 0 Å². The maximum absolute atomic E-state index is 13.5. The van der Waals surface area contributed by atoms with E-state index in [-0.39, 0.29) is 17.1 Å². The monoisotopic (exact) mass is 274 g/mol. The number of hydrogen-bond donors (Lipinski definition) is 2. The number of nitrogens with two attached hydrogens (primary N) is 1. The number of carbonyl (C=O) groups excluding carboxylic acids is 1. The lowest BCUT2D eigenvalue weighted by atomic mass is 10.1. The summed E-state index contributed by atoms with van der Waals surface area (Å²) in [5.41, 5.74) is 8.08. The zero-order valence-corrected chi connectivity index (χ0v) is 11.2. The summed E-state index contributed by atoms with van der Waals surface area (Å²) < 4.78 is 18.2. The van der Waals surface area contributed by atoms with Gasteiger partial charge in [0.05, 0.1) is 24.0 Å². The van der Waals surface area contributed by atoms with Gasteiger partial charge >= 0.3 is 5.97 Å². The average Bonchev–Trinajstić information content (AvgIpc) is 2.45. The normalized spacial score (nSPS) is 10.2. The van der Waals surface area contributed by atoms with E-state index in [0.717, 1.165) is 0 Å². The summed E-state index contributed by atoms with van der Waals surface area (Å²) in [6, 6.07) is 9.69. The van der Waals surface area contributed by atoms with Crippen molar-refractivity contribution in [3.8, 4) is 0 Å². The van der Waals surface area contributed by atoms with Gasteiger partial charge in [-0.1, -0.05) is 12.1 Å². The van der Waals surface area contributed by atoms with Crippen molar-refractivity contribution in [2.75, 3.05) is 18.2 Å². The predicted octanol–water partition coefficient (Wildman–Crippen LogP) is 3.25. The highest BCUT2D eigenvalue weighted by Gasteiger charge is 2.13. The van der Waals surface area contributed by atoms with E-state index in [0.29, 0.717) is 16.9 Å². The van der Waals surface area contributed by atoms with Crippen molar-refractivity contribution >= 4 is 23.0 Å². The Labute approximate surface area is 116 Å². The van der Waals surface area contributed by atoms with Gasteiger partial charge in [0.1, 0.15) is 5.82 Å². The standard InChI is InChI=1S/C15H15FN2O2/c1-9-11(16)6-4-7-12(9)18-13-8-3-5-10(14(13)17)15(19)20-2/h3-8,18H,17H2,1-2H3. The molecule has 0 atom stereocenters. The fraction of sp³-hybridized carbons (Fsp3) is 0.133. The van der Waals surface area contributed by atoms with Crippen molar-refractivity contribution in [2.24, 2.45) is 0 Å². The second-order valence-electron chi connectivity index (χ2n) is 4.30. The molecule has 0 bridgehead atoms. The molecule has 0 saturated carbocycles. The van der Waals surface area contributed by atoms with Crippen LogP contribution in [0.5, 0.6) is 0 Å². The van der Waals surface area contributed by atoms with E-state index in [1.165, 1.54) is 13.2 Å². The third kappa shape index (κ3) is 2.56. The third-order valence-electron chi connectivity index (χ3n) is 3.05. The first kappa shape index (κ1) is 13.9. The van der Waals surface area contributed by atoms with Crippen LogP contribution in [-0.4, -0.2) is 13.1 Å². The molecule has 104 valence electrons. The number of halogens is 1. The van der Waals surface area contributed by atoms with Crippen molar-refractivity contribution in [2.45, 2.75) is 6.92 Å². The van der Waals surface area contributed by atoms with Crippen molar-refractivity contribution in [1.29, 1.82) is 0 Å². The average molecular weight is 274 g/mol. The van der Waals surface area contributed by atoms with Gasteiger partial charge in [-0.15, -0.1) is 0 Å². The van der Waals surface area contributed by atoms with Crippen LogP contribution >= 0.6 is 0 Å². The molecule has 2 aromatic carbocycles. The highest BCUT2D eigenvalue weighted by atomic mass is 19.1. The molecule has 0 spiro atoms. The van der Waals surface area contributed by atoms with Gasteiger partial charge in [-0.2, -0.15) is 0 Å². The number of nitrogen functional groups attached to an aromatic ring is 1. The van der Waals surface area contributed by atoms with Crippen LogP contribution in [0.2, 0.25) is 0 Å². The molecule has 4 nitrogen and oxygen atoms in total. The summed E-state index contributed by atoms with van der Waals surface area (Å²) in [5.74, 6) is -0.820. The summed E-state index contributed by atoms with van der Waals surface area (Å²) in [6.45, 7) is 1.66. The van der Waals surface area contributed by atoms with E-state index in [1.807, 2.05) is 0 Å². The molecule has 0 aliphatic carbocycles. The minimum atomic E-state index is -0.512. The summed E-state index contributed by atoms with van der Waals surface area (Å²) >= 11 is 0. The molecule has 0 heterocycles. The van der Waals surface area contributed by atoms with Gasteiger partial charge in [0.25, 0.3) is 0 Å². The van der Waals surface area contributed by atoms with Gasteiger partial charge in [-0.3, -0.25) is 0 Å². The zero-order chi connectivity index (χ0) is 14.7. The number of para-hydroxylation sites is 1. The third-order valence-corrected chi connectivity index (χ3v) is 3.05. The molecular weight excluding hydrogens is 259 g/mol. The first-order valence-electron chi connectivity index (χ1n) is 6.03. The molecule has 0 amide bonds. The van der Waals surface area contributed by atoms with Crippen LogP contribution in [0.4, 0.5) is 21.5 Å². The van der Waals surface area contributed by atoms with Crippen molar-refractivity contribution in [3.05, 3.63) is 53.3 Å². The topological polar surface area (TPSA) is 64.3 Å². The Morgan fingerprint density at radius 3 is 2.55 bits per heavy atom. The fourth-order valence-electron chi connectivity index (χ4n) is 1.85. The highest BCUT2D eigenvalue weighted by Crippen LogP contribution is 2.28. The molecule has 2 rings (SSSR count). The molecule has 0 aliphatic rings. The Kier molecular flexibility index (Phi) is 3.89. The van der Waals surface area contributed by atoms with Crippen LogP contribution in [0.15, 0.2) is 36.4 Å². The number of benzene rings is 2. The number of nitrogens with one attached hydrogen (secondary N) is 1. The molecule has 0 aliphatic heterocycles. The highest BCUT2D eigenvalue weighted by molar-refractivity contribution is 5.98. The number of esters is 1. The molecule has 0 fully saturated rings. The molecular formula is C15H15FN2O2. The van der Waals surface area contributed by atoms with Crippen LogP contribution < -0.4 is 11.1 Å². The van der Waals surface area contributed by atoms with Gasteiger partial charge < -0.3 is 15.8 Å². The van der Waals surface area contributed by atoms with Crippen molar-refractivity contribution in [3.63, 3.8) is 0 Å². The second kappa shape index (κ2) is 5.61. The van der Waals surface area contributed by atoms with Crippen LogP contribution in [0.3, 0.4) is 0 Å². The van der Waals surface area contributed by atoms with Crippen LogP contribution in [0, 0.1) is 12.7 Å². The Morgan fingerprint density at radius 1 is 1.20 bits per heavy atom. The lowest BCUT2D eigenvalue weighted by molar-refractivity contribution is 0.0602. The van der Waals surface area contributed by atoms with E-state index in [9.17, 15) is 9.18 Å². The Morgan fingerprint density at radius 2 is 1.85 bits per heavy atom. The Hall–Kier alpha value is -2.56. The van der Waals surface area contributed by atoms with Gasteiger partial charge in [0, 0.05) is 11.3 Å². The van der Waals surface area contributed by atoms with Crippen LogP contribution in [-0.2, 0) is 4.74 Å². The largest absolute Gasteiger partial charge is 0.465 e. The van der Waals surface area contributed by atoms with Gasteiger partial charge in [0.15, 0.2) is 0 Å². The van der Waals surface area contributed by atoms with Crippen LogP contribution in [0.25, 0.3) is 0 Å². The molecule has 5 heteroatoms. The number of rotatable bonds is 3. The molecule has 20 heavy (non-hydrogen) atoms. The molecule has 2 aromatic rings. The Bertz CT molecular complexity index is 656. The minimum Gasteiger partial charge on any atom is -0.465 e. The fourth-order valence-corrected chi connectivity index (χ4v) is 1.85.